The monoisotopic (exact) mass is 454 g/mol. The Morgan fingerprint density at radius 3 is 2.61 bits per heavy atom. The van der Waals surface area contributed by atoms with Crippen LogP contribution in [0.15, 0.2) is 63.9 Å². The van der Waals surface area contributed by atoms with Gasteiger partial charge in [-0.15, -0.1) is 0 Å². The summed E-state index contributed by atoms with van der Waals surface area (Å²) in [6, 6.07) is 14.3. The van der Waals surface area contributed by atoms with Crippen molar-refractivity contribution in [1.82, 2.24) is 10.2 Å². The van der Waals surface area contributed by atoms with Crippen LogP contribution in [0.5, 0.6) is 0 Å². The van der Waals surface area contributed by atoms with Gasteiger partial charge in [0.2, 0.25) is 11.6 Å². The fourth-order valence-electron chi connectivity index (χ4n) is 3.43. The van der Waals surface area contributed by atoms with E-state index in [4.69, 9.17) is 9.26 Å². The van der Waals surface area contributed by atoms with Gasteiger partial charge in [-0.25, -0.2) is 4.79 Å². The van der Waals surface area contributed by atoms with E-state index in [2.05, 4.69) is 10.6 Å². The summed E-state index contributed by atoms with van der Waals surface area (Å²) in [5.74, 6) is -0.912. The number of benzene rings is 2. The van der Waals surface area contributed by atoms with Crippen LogP contribution in [-0.2, 0) is 20.9 Å². The van der Waals surface area contributed by atoms with Gasteiger partial charge in [-0.2, -0.15) is 0 Å². The summed E-state index contributed by atoms with van der Waals surface area (Å²) >= 11 is 0. The molecule has 0 aliphatic carbocycles. The van der Waals surface area contributed by atoms with Crippen molar-refractivity contribution >= 4 is 23.2 Å². The first-order valence-electron chi connectivity index (χ1n) is 10.0. The van der Waals surface area contributed by atoms with Crippen LogP contribution in [-0.4, -0.2) is 46.2 Å². The largest absolute Gasteiger partial charge is 0.432 e. The van der Waals surface area contributed by atoms with Crippen LogP contribution in [0.3, 0.4) is 0 Å². The maximum atomic E-state index is 12.9. The lowest BCUT2D eigenvalue weighted by molar-refractivity contribution is -0.678. The molecule has 3 aromatic rings. The number of non-ortho nitro benzene ring substituents is 1. The lowest BCUT2D eigenvalue weighted by atomic mass is 10.1. The number of nitrogens with one attached hydrogen (secondary N) is 2. The zero-order valence-corrected chi connectivity index (χ0v) is 17.3. The average Bonchev–Trinajstić information content (AvgIpc) is 3.17. The smallest absolute Gasteiger partial charge is 0.366 e. The number of rotatable bonds is 7. The van der Waals surface area contributed by atoms with Crippen molar-refractivity contribution in [3.05, 3.63) is 80.8 Å². The summed E-state index contributed by atoms with van der Waals surface area (Å²) in [4.78, 5) is 49.2. The number of carbonyl (C=O) groups excluding carboxylic acids is 2. The SMILES string of the molecule is O=C(CC1OCCN(Cc2c(=O)o[nH][n+]2-c2ccccc2)C1=O)Nc1ccc([N+](=O)[O-])cc1. The Kier molecular flexibility index (Phi) is 6.26. The number of aromatic amines is 1. The molecule has 1 aliphatic heterocycles. The van der Waals surface area contributed by atoms with Gasteiger partial charge in [-0.05, 0) is 22.1 Å². The van der Waals surface area contributed by atoms with Gasteiger partial charge in [0.25, 0.3) is 11.6 Å². The number of anilines is 1. The van der Waals surface area contributed by atoms with E-state index in [1.165, 1.54) is 33.8 Å². The second kappa shape index (κ2) is 9.44. The number of nitro groups is 1. The second-order valence-electron chi connectivity index (χ2n) is 7.27. The normalized spacial score (nSPS) is 15.9. The zero-order valence-electron chi connectivity index (χ0n) is 17.3. The first kappa shape index (κ1) is 21.9. The Labute approximate surface area is 186 Å². The highest BCUT2D eigenvalue weighted by Crippen LogP contribution is 2.17. The highest BCUT2D eigenvalue weighted by atomic mass is 16.6. The van der Waals surface area contributed by atoms with Crippen molar-refractivity contribution in [2.24, 2.45) is 0 Å². The molecule has 1 atom stereocenters. The van der Waals surface area contributed by atoms with E-state index >= 15 is 0 Å². The fraction of sp³-hybridized carbons (Fsp3) is 0.238. The standard InChI is InChI=1S/C21H19N5O7/c27-19(22-14-6-8-16(9-7-14)26(30)31)12-18-20(28)24(10-11-32-18)13-17-21(29)33-23-25(17)15-4-2-1-3-5-15/h1-9,18H,10-13H2,(H-,22,23,27,29)/p+1. The van der Waals surface area contributed by atoms with E-state index in [-0.39, 0.29) is 37.5 Å². The van der Waals surface area contributed by atoms with Crippen LogP contribution in [0, 0.1) is 10.1 Å². The molecule has 1 saturated heterocycles. The molecule has 4 rings (SSSR count). The number of ether oxygens (including phenoxy) is 1. The first-order chi connectivity index (χ1) is 15.9. The highest BCUT2D eigenvalue weighted by molar-refractivity contribution is 5.95. The molecule has 12 heteroatoms. The zero-order chi connectivity index (χ0) is 23.4. The van der Waals surface area contributed by atoms with Crippen molar-refractivity contribution in [3.8, 4) is 5.69 Å². The molecule has 0 bridgehead atoms. The predicted octanol–water partition coefficient (Wildman–Crippen LogP) is 0.909. The fourth-order valence-corrected chi connectivity index (χ4v) is 3.43. The third-order valence-corrected chi connectivity index (χ3v) is 5.09. The van der Waals surface area contributed by atoms with Crippen LogP contribution >= 0.6 is 0 Å². The number of H-pyrrole nitrogens is 1. The maximum Gasteiger partial charge on any atom is 0.432 e. The number of aromatic nitrogens is 2. The minimum Gasteiger partial charge on any atom is -0.366 e. The Morgan fingerprint density at radius 2 is 1.91 bits per heavy atom. The number of para-hydroxylation sites is 1. The van der Waals surface area contributed by atoms with Crippen LogP contribution in [0.4, 0.5) is 11.4 Å². The number of hydrogen-bond donors (Lipinski definition) is 2. The summed E-state index contributed by atoms with van der Waals surface area (Å²) in [7, 11) is 0. The Bertz CT molecular complexity index is 1220. The maximum absolute atomic E-state index is 12.9. The summed E-state index contributed by atoms with van der Waals surface area (Å²) in [6.07, 6.45) is -1.26. The topological polar surface area (TPSA) is 152 Å². The molecule has 1 aliphatic rings. The van der Waals surface area contributed by atoms with Crippen molar-refractivity contribution in [1.29, 1.82) is 0 Å². The van der Waals surface area contributed by atoms with Crippen molar-refractivity contribution in [2.45, 2.75) is 19.1 Å². The molecule has 1 fully saturated rings. The molecular weight excluding hydrogens is 434 g/mol. The Morgan fingerprint density at radius 1 is 1.18 bits per heavy atom. The molecule has 2 N–H and O–H groups in total. The number of morpholine rings is 1. The number of nitro benzene ring substituents is 1. The van der Waals surface area contributed by atoms with Crippen molar-refractivity contribution in [3.63, 3.8) is 0 Å². The minimum absolute atomic E-state index is 0.0244. The third kappa shape index (κ3) is 4.96. The highest BCUT2D eigenvalue weighted by Gasteiger charge is 2.35. The molecule has 2 amide bonds. The predicted molar refractivity (Wildman–Crippen MR) is 112 cm³/mol. The van der Waals surface area contributed by atoms with Gasteiger partial charge in [0.15, 0.2) is 0 Å². The quantitative estimate of drug-likeness (QED) is 0.306. The molecule has 0 spiro atoms. The van der Waals surface area contributed by atoms with Crippen molar-refractivity contribution in [2.75, 3.05) is 18.5 Å². The second-order valence-corrected chi connectivity index (χ2v) is 7.27. The lowest BCUT2D eigenvalue weighted by Gasteiger charge is -2.30. The van der Waals surface area contributed by atoms with Gasteiger partial charge in [0.1, 0.15) is 12.6 Å². The third-order valence-electron chi connectivity index (χ3n) is 5.09. The van der Waals surface area contributed by atoms with Crippen molar-refractivity contribution < 1.29 is 28.5 Å². The summed E-state index contributed by atoms with van der Waals surface area (Å²) in [5.41, 5.74) is 0.546. The molecule has 12 nitrogen and oxygen atoms in total. The van der Waals surface area contributed by atoms with Gasteiger partial charge in [0, 0.05) is 36.5 Å². The van der Waals surface area contributed by atoms with E-state index in [9.17, 15) is 24.5 Å². The van der Waals surface area contributed by atoms with E-state index < -0.39 is 28.5 Å². The Balaban J connectivity index is 1.41. The molecule has 2 aromatic carbocycles. The van der Waals surface area contributed by atoms with Gasteiger partial charge >= 0.3 is 11.3 Å². The van der Waals surface area contributed by atoms with E-state index in [1.54, 1.807) is 24.3 Å². The summed E-state index contributed by atoms with van der Waals surface area (Å²) in [6.45, 7) is 0.421. The Hall–Kier alpha value is -4.32. The van der Waals surface area contributed by atoms with Crippen LogP contribution in [0.1, 0.15) is 12.1 Å². The molecule has 0 radical (unpaired) electrons. The van der Waals surface area contributed by atoms with Crippen LogP contribution in [0.2, 0.25) is 0 Å². The minimum atomic E-state index is -1.02. The number of hydrogen-bond acceptors (Lipinski definition) is 7. The van der Waals surface area contributed by atoms with Crippen LogP contribution < -0.4 is 15.6 Å². The lowest BCUT2D eigenvalue weighted by Crippen LogP contribution is -2.51. The summed E-state index contributed by atoms with van der Waals surface area (Å²) < 4.78 is 11.9. The van der Waals surface area contributed by atoms with Gasteiger partial charge in [0.05, 0.1) is 18.0 Å². The first-order valence-corrected chi connectivity index (χ1v) is 10.0. The van der Waals surface area contributed by atoms with Crippen LogP contribution in [0.25, 0.3) is 5.69 Å². The molecule has 33 heavy (non-hydrogen) atoms. The van der Waals surface area contributed by atoms with Gasteiger partial charge in [-0.3, -0.25) is 24.2 Å². The van der Waals surface area contributed by atoms with E-state index in [1.807, 2.05) is 6.07 Å². The van der Waals surface area contributed by atoms with E-state index in [0.29, 0.717) is 11.4 Å². The number of carbonyl (C=O) groups is 2. The van der Waals surface area contributed by atoms with Gasteiger partial charge in [-0.1, -0.05) is 18.2 Å². The molecular formula is C21H20N5O7+. The molecule has 0 saturated carbocycles. The number of nitrogens with zero attached hydrogens (tertiary/aromatic N) is 3. The molecule has 170 valence electrons. The van der Waals surface area contributed by atoms with E-state index in [0.717, 1.165) is 0 Å². The molecule has 2 heterocycles. The summed E-state index contributed by atoms with van der Waals surface area (Å²) in [5, 5.41) is 15.9. The number of amides is 2. The molecule has 1 aromatic heterocycles. The molecule has 1 unspecified atom stereocenters. The average molecular weight is 454 g/mol. The van der Waals surface area contributed by atoms with Gasteiger partial charge < -0.3 is 15.0 Å².